The molecule has 0 saturated heterocycles. The lowest BCUT2D eigenvalue weighted by atomic mass is 9.97. The Bertz CT molecular complexity index is 1530. The van der Waals surface area contributed by atoms with Crippen LogP contribution in [0.5, 0.6) is 0 Å². The minimum absolute atomic E-state index is 0.238. The molecule has 0 saturated carbocycles. The van der Waals surface area contributed by atoms with Crippen LogP contribution < -0.4 is 4.57 Å². The summed E-state index contributed by atoms with van der Waals surface area (Å²) in [6, 6.07) is 27.5. The monoisotopic (exact) mass is 417 g/mol. The summed E-state index contributed by atoms with van der Waals surface area (Å²) in [5.41, 5.74) is 8.00. The molecule has 156 valence electrons. The molecule has 3 aromatic carbocycles. The van der Waals surface area contributed by atoms with E-state index in [4.69, 9.17) is 5.10 Å². The summed E-state index contributed by atoms with van der Waals surface area (Å²) in [6.45, 7) is 8.52. The number of para-hydroxylation sites is 2. The van der Waals surface area contributed by atoms with E-state index in [9.17, 15) is 5.26 Å². The zero-order valence-corrected chi connectivity index (χ0v) is 18.8. The molecule has 0 aliphatic carbocycles. The highest BCUT2D eigenvalue weighted by molar-refractivity contribution is 5.95. The maximum absolute atomic E-state index is 9.88. The fourth-order valence-corrected chi connectivity index (χ4v) is 4.55. The van der Waals surface area contributed by atoms with Gasteiger partial charge in [0.2, 0.25) is 11.2 Å². The molecule has 5 rings (SSSR count). The highest BCUT2D eigenvalue weighted by atomic mass is 15.3. The van der Waals surface area contributed by atoms with Gasteiger partial charge in [0.1, 0.15) is 5.69 Å². The Hall–Kier alpha value is -3.97. The zero-order valence-electron chi connectivity index (χ0n) is 18.8. The third-order valence-electron chi connectivity index (χ3n) is 6.14. The lowest BCUT2D eigenvalue weighted by Gasteiger charge is -2.11. The van der Waals surface area contributed by atoms with Crippen LogP contribution in [0.4, 0.5) is 0 Å². The molecule has 5 aromatic rings. The highest BCUT2D eigenvalue weighted by Crippen LogP contribution is 2.34. The number of nitriles is 1. The van der Waals surface area contributed by atoms with E-state index in [1.165, 1.54) is 0 Å². The van der Waals surface area contributed by atoms with E-state index < -0.39 is 0 Å². The van der Waals surface area contributed by atoms with Crippen molar-refractivity contribution >= 4 is 21.8 Å². The standard InChI is InChI=1S/C28H25N4/c1-18(2)32-26-12-8-6-10-23(26)28(30-32)24-15-21(17-29)16-27(20(24)4)31-19(3)13-14-22-9-5-7-11-25(22)31/h5-16,18H,1-4H3/q+1. The van der Waals surface area contributed by atoms with Gasteiger partial charge in [-0.2, -0.15) is 14.9 Å². The van der Waals surface area contributed by atoms with Crippen molar-refractivity contribution in [3.05, 3.63) is 89.6 Å². The van der Waals surface area contributed by atoms with Gasteiger partial charge >= 0.3 is 0 Å². The predicted octanol–water partition coefficient (Wildman–Crippen LogP) is 6.20. The van der Waals surface area contributed by atoms with Crippen molar-refractivity contribution in [3.63, 3.8) is 0 Å². The summed E-state index contributed by atoms with van der Waals surface area (Å²) >= 11 is 0. The summed E-state index contributed by atoms with van der Waals surface area (Å²) in [6.07, 6.45) is 0. The van der Waals surface area contributed by atoms with Crippen LogP contribution in [0.1, 0.15) is 36.7 Å². The van der Waals surface area contributed by atoms with Crippen molar-refractivity contribution in [3.8, 4) is 23.0 Å². The van der Waals surface area contributed by atoms with Crippen molar-refractivity contribution in [1.82, 2.24) is 9.78 Å². The first-order valence-corrected chi connectivity index (χ1v) is 10.9. The molecule has 0 unspecified atom stereocenters. The van der Waals surface area contributed by atoms with Crippen LogP contribution in [-0.4, -0.2) is 9.78 Å². The van der Waals surface area contributed by atoms with Crippen molar-refractivity contribution in [2.24, 2.45) is 0 Å². The lowest BCUT2D eigenvalue weighted by molar-refractivity contribution is -0.574. The summed E-state index contributed by atoms with van der Waals surface area (Å²) in [4.78, 5) is 0. The maximum Gasteiger partial charge on any atom is 0.218 e. The Morgan fingerprint density at radius 3 is 2.47 bits per heavy atom. The number of pyridine rings is 1. The summed E-state index contributed by atoms with van der Waals surface area (Å²) in [7, 11) is 0. The van der Waals surface area contributed by atoms with E-state index in [2.05, 4.69) is 91.5 Å². The van der Waals surface area contributed by atoms with Crippen molar-refractivity contribution in [1.29, 1.82) is 5.26 Å². The molecule has 0 spiro atoms. The van der Waals surface area contributed by atoms with Gasteiger partial charge in [0, 0.05) is 53.1 Å². The second kappa shape index (κ2) is 7.62. The van der Waals surface area contributed by atoms with Crippen molar-refractivity contribution in [2.45, 2.75) is 33.7 Å². The molecule has 32 heavy (non-hydrogen) atoms. The molecule has 2 aromatic heterocycles. The number of rotatable bonds is 3. The van der Waals surface area contributed by atoms with Crippen LogP contribution in [-0.2, 0) is 0 Å². The number of nitrogens with zero attached hydrogens (tertiary/aromatic N) is 4. The molecule has 0 aliphatic heterocycles. The summed E-state index contributed by atoms with van der Waals surface area (Å²) in [5.74, 6) is 0. The van der Waals surface area contributed by atoms with Crippen LogP contribution in [0, 0.1) is 25.2 Å². The molecular formula is C28H25N4+. The molecular weight excluding hydrogens is 392 g/mol. The predicted molar refractivity (Wildman–Crippen MR) is 129 cm³/mol. The Balaban J connectivity index is 1.87. The Labute approximate surface area is 188 Å². The van der Waals surface area contributed by atoms with Gasteiger partial charge < -0.3 is 0 Å². The Morgan fingerprint density at radius 2 is 1.69 bits per heavy atom. The largest absolute Gasteiger partial charge is 0.262 e. The second-order valence-corrected chi connectivity index (χ2v) is 8.55. The van der Waals surface area contributed by atoms with Crippen LogP contribution in [0.3, 0.4) is 0 Å². The van der Waals surface area contributed by atoms with Gasteiger partial charge in [0.05, 0.1) is 17.1 Å². The first-order valence-electron chi connectivity index (χ1n) is 10.9. The van der Waals surface area contributed by atoms with Gasteiger partial charge in [-0.05, 0) is 45.0 Å². The maximum atomic E-state index is 9.88. The molecule has 0 aliphatic rings. The summed E-state index contributed by atoms with van der Waals surface area (Å²) < 4.78 is 4.32. The minimum atomic E-state index is 0.238. The highest BCUT2D eigenvalue weighted by Gasteiger charge is 2.24. The van der Waals surface area contributed by atoms with E-state index in [1.54, 1.807) is 0 Å². The average molecular weight is 418 g/mol. The van der Waals surface area contributed by atoms with Crippen LogP contribution in [0.2, 0.25) is 0 Å². The topological polar surface area (TPSA) is 45.5 Å². The Morgan fingerprint density at radius 1 is 0.938 bits per heavy atom. The van der Waals surface area contributed by atoms with Gasteiger partial charge in [-0.1, -0.05) is 30.3 Å². The minimum Gasteiger partial charge on any atom is -0.262 e. The van der Waals surface area contributed by atoms with Crippen LogP contribution in [0.25, 0.3) is 38.8 Å². The van der Waals surface area contributed by atoms with Crippen LogP contribution in [0.15, 0.2) is 72.8 Å². The van der Waals surface area contributed by atoms with Crippen LogP contribution >= 0.6 is 0 Å². The van der Waals surface area contributed by atoms with Gasteiger partial charge in [0.15, 0.2) is 5.69 Å². The van der Waals surface area contributed by atoms with Gasteiger partial charge in [0.25, 0.3) is 0 Å². The van der Waals surface area contributed by atoms with E-state index in [0.29, 0.717) is 5.56 Å². The fourth-order valence-electron chi connectivity index (χ4n) is 4.55. The molecule has 0 fully saturated rings. The SMILES string of the molecule is Cc1c(-c2nn(C(C)C)c3ccccc23)cc(C#N)cc1-[n+]1c(C)ccc2ccccc21. The summed E-state index contributed by atoms with van der Waals surface area (Å²) in [5, 5.41) is 17.2. The van der Waals surface area contributed by atoms with E-state index in [1.807, 2.05) is 24.3 Å². The molecule has 4 nitrogen and oxygen atoms in total. The number of benzene rings is 3. The number of hydrogen-bond donors (Lipinski definition) is 0. The van der Waals surface area contributed by atoms with Gasteiger partial charge in [-0.3, -0.25) is 4.68 Å². The molecule has 0 radical (unpaired) electrons. The van der Waals surface area contributed by atoms with E-state index >= 15 is 0 Å². The molecule has 0 bridgehead atoms. The lowest BCUT2D eigenvalue weighted by Crippen LogP contribution is -2.36. The first-order chi connectivity index (χ1) is 15.5. The van der Waals surface area contributed by atoms with Crippen molar-refractivity contribution < 1.29 is 4.57 Å². The average Bonchev–Trinajstić information content (AvgIpc) is 3.19. The normalized spacial score (nSPS) is 11.4. The fraction of sp³-hybridized carbons (Fsp3) is 0.179. The quantitative estimate of drug-likeness (QED) is 0.328. The molecule has 2 heterocycles. The zero-order chi connectivity index (χ0) is 22.4. The number of aromatic nitrogens is 3. The van der Waals surface area contributed by atoms with E-state index in [0.717, 1.165) is 50.0 Å². The second-order valence-electron chi connectivity index (χ2n) is 8.55. The number of hydrogen-bond acceptors (Lipinski definition) is 2. The molecule has 0 amide bonds. The third-order valence-corrected chi connectivity index (χ3v) is 6.14. The molecule has 0 atom stereocenters. The Kier molecular flexibility index (Phi) is 4.75. The smallest absolute Gasteiger partial charge is 0.218 e. The van der Waals surface area contributed by atoms with Gasteiger partial charge in [-0.15, -0.1) is 0 Å². The number of aryl methyl sites for hydroxylation is 1. The third kappa shape index (κ3) is 3.06. The van der Waals surface area contributed by atoms with E-state index in [-0.39, 0.29) is 6.04 Å². The first kappa shape index (κ1) is 20.0. The molecule has 4 heteroatoms. The number of fused-ring (bicyclic) bond motifs is 2. The molecule has 0 N–H and O–H groups in total. The van der Waals surface area contributed by atoms with Gasteiger partial charge in [-0.25, -0.2) is 0 Å². The van der Waals surface area contributed by atoms with Crippen molar-refractivity contribution in [2.75, 3.05) is 0 Å².